The summed E-state index contributed by atoms with van der Waals surface area (Å²) in [5.41, 5.74) is 3.85. The first-order valence-corrected chi connectivity index (χ1v) is 6.09. The monoisotopic (exact) mass is 234 g/mol. The van der Waals surface area contributed by atoms with Crippen LogP contribution in [-0.4, -0.2) is 9.38 Å². The maximum Gasteiger partial charge on any atom is 0.156 e. The molecule has 84 valence electrons. The summed E-state index contributed by atoms with van der Waals surface area (Å²) in [5.74, 6) is 0. The summed E-state index contributed by atoms with van der Waals surface area (Å²) >= 11 is 6.16. The van der Waals surface area contributed by atoms with Crippen molar-refractivity contribution in [3.8, 4) is 0 Å². The largest absolute Gasteiger partial charge is 0.303 e. The van der Waals surface area contributed by atoms with Crippen LogP contribution >= 0.6 is 11.6 Å². The smallest absolute Gasteiger partial charge is 0.156 e. The Morgan fingerprint density at radius 2 is 2.25 bits per heavy atom. The second-order valence-corrected chi connectivity index (χ2v) is 5.80. The molecule has 2 nitrogen and oxygen atoms in total. The van der Waals surface area contributed by atoms with Crippen LogP contribution < -0.4 is 0 Å². The highest BCUT2D eigenvalue weighted by molar-refractivity contribution is 6.33. The van der Waals surface area contributed by atoms with Gasteiger partial charge in [-0.15, -0.1) is 0 Å². The Kier molecular flexibility index (Phi) is 2.05. The normalized spacial score (nSPS) is 18.7. The van der Waals surface area contributed by atoms with E-state index in [4.69, 9.17) is 11.6 Å². The van der Waals surface area contributed by atoms with E-state index in [-0.39, 0.29) is 0 Å². The van der Waals surface area contributed by atoms with Gasteiger partial charge in [-0.2, -0.15) is 0 Å². The summed E-state index contributed by atoms with van der Waals surface area (Å²) in [6.07, 6.45) is 5.44. The molecule has 0 radical (unpaired) electrons. The Morgan fingerprint density at radius 1 is 1.44 bits per heavy atom. The number of aryl methyl sites for hydroxylation is 1. The van der Waals surface area contributed by atoms with Crippen molar-refractivity contribution in [2.75, 3.05) is 0 Å². The van der Waals surface area contributed by atoms with Gasteiger partial charge in [0.2, 0.25) is 0 Å². The molecule has 0 aromatic carbocycles. The van der Waals surface area contributed by atoms with Crippen LogP contribution in [0.25, 0.3) is 5.65 Å². The molecule has 0 unspecified atom stereocenters. The highest BCUT2D eigenvalue weighted by Crippen LogP contribution is 2.35. The molecule has 16 heavy (non-hydrogen) atoms. The molecule has 0 saturated heterocycles. The molecule has 3 rings (SSSR count). The van der Waals surface area contributed by atoms with Gasteiger partial charge in [0.1, 0.15) is 0 Å². The van der Waals surface area contributed by atoms with Gasteiger partial charge in [0, 0.05) is 11.9 Å². The van der Waals surface area contributed by atoms with Gasteiger partial charge in [-0.1, -0.05) is 25.4 Å². The second kappa shape index (κ2) is 3.24. The van der Waals surface area contributed by atoms with Crippen molar-refractivity contribution in [1.82, 2.24) is 9.38 Å². The maximum absolute atomic E-state index is 6.16. The fourth-order valence-corrected chi connectivity index (χ4v) is 2.74. The quantitative estimate of drug-likeness (QED) is 0.682. The number of aromatic nitrogens is 2. The lowest BCUT2D eigenvalue weighted by Gasteiger charge is -2.28. The molecule has 1 aliphatic carbocycles. The van der Waals surface area contributed by atoms with E-state index in [0.29, 0.717) is 5.41 Å². The Bertz CT molecular complexity index is 554. The number of hydrogen-bond acceptors (Lipinski definition) is 1. The van der Waals surface area contributed by atoms with Crippen molar-refractivity contribution < 1.29 is 0 Å². The molecule has 2 aromatic rings. The van der Waals surface area contributed by atoms with Gasteiger partial charge in [-0.3, -0.25) is 0 Å². The maximum atomic E-state index is 6.16. The van der Waals surface area contributed by atoms with E-state index < -0.39 is 0 Å². The molecule has 3 heteroatoms. The molecule has 0 saturated carbocycles. The van der Waals surface area contributed by atoms with E-state index in [1.54, 1.807) is 0 Å². The summed E-state index contributed by atoms with van der Waals surface area (Å²) < 4.78 is 2.15. The molecule has 0 atom stereocenters. The molecule has 0 fully saturated rings. The van der Waals surface area contributed by atoms with E-state index in [1.165, 1.54) is 17.8 Å². The summed E-state index contributed by atoms with van der Waals surface area (Å²) in [6.45, 7) is 4.61. The summed E-state index contributed by atoms with van der Waals surface area (Å²) in [5, 5.41) is 0.745. The van der Waals surface area contributed by atoms with Crippen LogP contribution in [0, 0.1) is 5.41 Å². The average molecular weight is 235 g/mol. The van der Waals surface area contributed by atoms with Gasteiger partial charge in [0.15, 0.2) is 5.65 Å². The number of nitrogens with zero attached hydrogens (tertiary/aromatic N) is 2. The molecule has 1 aliphatic rings. The van der Waals surface area contributed by atoms with Crippen molar-refractivity contribution in [1.29, 1.82) is 0 Å². The first-order valence-electron chi connectivity index (χ1n) is 5.71. The molecular weight excluding hydrogens is 220 g/mol. The zero-order valence-electron chi connectivity index (χ0n) is 9.63. The van der Waals surface area contributed by atoms with E-state index in [2.05, 4.69) is 29.4 Å². The highest BCUT2D eigenvalue weighted by atomic mass is 35.5. The van der Waals surface area contributed by atoms with Crippen LogP contribution in [0.1, 0.15) is 31.7 Å². The van der Waals surface area contributed by atoms with Crippen LogP contribution in [0.4, 0.5) is 0 Å². The Hall–Kier alpha value is -1.02. The SMILES string of the molecule is CC1(C)CCc2c(nc3c(Cl)cccn23)C1. The van der Waals surface area contributed by atoms with Crippen molar-refractivity contribution in [2.24, 2.45) is 5.41 Å². The third-order valence-electron chi connectivity index (χ3n) is 3.47. The third kappa shape index (κ3) is 1.44. The van der Waals surface area contributed by atoms with E-state index in [9.17, 15) is 0 Å². The summed E-state index contributed by atoms with van der Waals surface area (Å²) in [7, 11) is 0. The molecule has 0 N–H and O–H groups in total. The van der Waals surface area contributed by atoms with Gasteiger partial charge in [-0.05, 0) is 36.8 Å². The number of hydrogen-bond donors (Lipinski definition) is 0. The van der Waals surface area contributed by atoms with E-state index in [0.717, 1.165) is 23.5 Å². The predicted octanol–water partition coefficient (Wildman–Crippen LogP) is 3.50. The van der Waals surface area contributed by atoms with Crippen LogP contribution in [0.3, 0.4) is 0 Å². The van der Waals surface area contributed by atoms with Crippen LogP contribution in [0.15, 0.2) is 18.3 Å². The number of halogens is 1. The van der Waals surface area contributed by atoms with Crippen LogP contribution in [-0.2, 0) is 12.8 Å². The third-order valence-corrected chi connectivity index (χ3v) is 3.76. The van der Waals surface area contributed by atoms with E-state index >= 15 is 0 Å². The fourth-order valence-electron chi connectivity index (χ4n) is 2.54. The second-order valence-electron chi connectivity index (χ2n) is 5.40. The van der Waals surface area contributed by atoms with Crippen molar-refractivity contribution in [3.63, 3.8) is 0 Å². The Labute approximate surface area is 100 Å². The molecule has 0 spiro atoms. The molecule has 0 aliphatic heterocycles. The van der Waals surface area contributed by atoms with Crippen LogP contribution in [0.2, 0.25) is 5.02 Å². The zero-order valence-corrected chi connectivity index (χ0v) is 10.4. The summed E-state index contributed by atoms with van der Waals surface area (Å²) in [4.78, 5) is 4.68. The number of fused-ring (bicyclic) bond motifs is 3. The summed E-state index contributed by atoms with van der Waals surface area (Å²) in [6, 6.07) is 3.89. The predicted molar refractivity (Wildman–Crippen MR) is 66.0 cm³/mol. The zero-order chi connectivity index (χ0) is 11.3. The van der Waals surface area contributed by atoms with Gasteiger partial charge in [0.25, 0.3) is 0 Å². The first-order chi connectivity index (χ1) is 7.57. The van der Waals surface area contributed by atoms with Crippen LogP contribution in [0.5, 0.6) is 0 Å². The van der Waals surface area contributed by atoms with E-state index in [1.807, 2.05) is 12.1 Å². The van der Waals surface area contributed by atoms with Gasteiger partial charge < -0.3 is 4.40 Å². The number of imidazole rings is 1. The molecule has 2 aromatic heterocycles. The van der Waals surface area contributed by atoms with Crippen molar-refractivity contribution in [2.45, 2.75) is 33.1 Å². The Morgan fingerprint density at radius 3 is 3.06 bits per heavy atom. The number of pyridine rings is 1. The lowest BCUT2D eigenvalue weighted by atomic mass is 9.78. The standard InChI is InChI=1S/C13H15ClN2/c1-13(2)6-5-11-10(8-13)15-12-9(14)4-3-7-16(11)12/h3-4,7H,5-6,8H2,1-2H3. The van der Waals surface area contributed by atoms with Gasteiger partial charge in [0.05, 0.1) is 10.7 Å². The molecular formula is C13H15ClN2. The van der Waals surface area contributed by atoms with Gasteiger partial charge >= 0.3 is 0 Å². The lowest BCUT2D eigenvalue weighted by molar-refractivity contribution is 0.309. The van der Waals surface area contributed by atoms with Crippen molar-refractivity contribution in [3.05, 3.63) is 34.7 Å². The molecule has 0 amide bonds. The molecule has 2 heterocycles. The van der Waals surface area contributed by atoms with Crippen molar-refractivity contribution >= 4 is 17.2 Å². The average Bonchev–Trinajstić information content (AvgIpc) is 2.55. The highest BCUT2D eigenvalue weighted by Gasteiger charge is 2.28. The minimum Gasteiger partial charge on any atom is -0.303 e. The minimum atomic E-state index is 0.372. The lowest BCUT2D eigenvalue weighted by Crippen LogP contribution is -2.22. The Balaban J connectivity index is 2.24. The first kappa shape index (κ1) is 10.2. The topological polar surface area (TPSA) is 17.3 Å². The molecule has 0 bridgehead atoms. The van der Waals surface area contributed by atoms with Gasteiger partial charge in [-0.25, -0.2) is 4.98 Å². The minimum absolute atomic E-state index is 0.372. The fraction of sp³-hybridized carbons (Fsp3) is 0.462. The number of rotatable bonds is 0.